The number of hydrogen-bond acceptors (Lipinski definition) is 5. The molecule has 0 amide bonds. The van der Waals surface area contributed by atoms with Crippen molar-refractivity contribution in [3.05, 3.63) is 0 Å². The van der Waals surface area contributed by atoms with Gasteiger partial charge in [-0.25, -0.2) is 0 Å². The van der Waals surface area contributed by atoms with Crippen molar-refractivity contribution in [3.8, 4) is 0 Å². The fourth-order valence-electron chi connectivity index (χ4n) is 2.48. The van der Waals surface area contributed by atoms with Crippen LogP contribution in [-0.2, 0) is 9.53 Å². The number of hydrogen-bond donors (Lipinski definition) is 0. The lowest BCUT2D eigenvalue weighted by Gasteiger charge is -2.36. The van der Waals surface area contributed by atoms with Gasteiger partial charge in [0.25, 0.3) is 0 Å². The molecule has 2 aliphatic heterocycles. The Morgan fingerprint density at radius 3 is 2.69 bits per heavy atom. The van der Waals surface area contributed by atoms with E-state index in [9.17, 15) is 4.79 Å². The van der Waals surface area contributed by atoms with Gasteiger partial charge in [0.2, 0.25) is 0 Å². The predicted octanol–water partition coefficient (Wildman–Crippen LogP) is 0.628. The van der Waals surface area contributed by atoms with Crippen LogP contribution in [0.4, 0.5) is 0 Å². The van der Waals surface area contributed by atoms with E-state index in [2.05, 4.69) is 16.8 Å². The number of thioether (sulfide) groups is 1. The van der Waals surface area contributed by atoms with Crippen molar-refractivity contribution in [2.45, 2.75) is 24.9 Å². The van der Waals surface area contributed by atoms with Gasteiger partial charge in [0, 0.05) is 17.7 Å². The first-order chi connectivity index (χ1) is 7.72. The molecule has 92 valence electrons. The molecule has 2 aliphatic rings. The maximum Gasteiger partial charge on any atom is 0.323 e. The van der Waals surface area contributed by atoms with Crippen molar-refractivity contribution in [1.82, 2.24) is 9.80 Å². The van der Waals surface area contributed by atoms with Crippen molar-refractivity contribution in [3.63, 3.8) is 0 Å². The molecule has 0 aromatic rings. The Morgan fingerprint density at radius 1 is 1.38 bits per heavy atom. The van der Waals surface area contributed by atoms with Crippen molar-refractivity contribution < 1.29 is 9.53 Å². The van der Waals surface area contributed by atoms with E-state index in [1.807, 2.05) is 11.8 Å². The van der Waals surface area contributed by atoms with Crippen LogP contribution in [-0.4, -0.2) is 66.7 Å². The van der Waals surface area contributed by atoms with Crippen LogP contribution in [0.25, 0.3) is 0 Å². The predicted molar refractivity (Wildman–Crippen MR) is 65.5 cm³/mol. The molecule has 0 bridgehead atoms. The molecule has 1 atom stereocenters. The van der Waals surface area contributed by atoms with Crippen molar-refractivity contribution in [2.24, 2.45) is 0 Å². The minimum absolute atomic E-state index is 0.0107. The van der Waals surface area contributed by atoms with Gasteiger partial charge in [0.1, 0.15) is 6.04 Å². The third kappa shape index (κ3) is 2.52. The highest BCUT2D eigenvalue weighted by Crippen LogP contribution is 2.28. The van der Waals surface area contributed by atoms with Gasteiger partial charge >= 0.3 is 5.97 Å². The Balaban J connectivity index is 1.94. The summed E-state index contributed by atoms with van der Waals surface area (Å²) >= 11 is 1.84. The molecule has 0 aromatic carbocycles. The SMILES string of the molecule is COC(=O)[C@H]1CSCN1C1CCN(C)CC1. The number of rotatable bonds is 2. The van der Waals surface area contributed by atoms with Gasteiger partial charge in [-0.1, -0.05) is 0 Å². The quantitative estimate of drug-likeness (QED) is 0.665. The summed E-state index contributed by atoms with van der Waals surface area (Å²) in [5.41, 5.74) is 0. The minimum atomic E-state index is -0.0658. The highest BCUT2D eigenvalue weighted by atomic mass is 32.2. The molecule has 0 radical (unpaired) electrons. The number of esters is 1. The monoisotopic (exact) mass is 244 g/mol. The van der Waals surface area contributed by atoms with Gasteiger partial charge in [-0.2, -0.15) is 0 Å². The van der Waals surface area contributed by atoms with Crippen LogP contribution < -0.4 is 0 Å². The second-order valence-electron chi connectivity index (χ2n) is 4.59. The zero-order valence-electron chi connectivity index (χ0n) is 10.0. The topological polar surface area (TPSA) is 32.8 Å². The molecule has 16 heavy (non-hydrogen) atoms. The molecule has 5 heteroatoms. The summed E-state index contributed by atoms with van der Waals surface area (Å²) in [6, 6.07) is 0.554. The van der Waals surface area contributed by atoms with Crippen LogP contribution in [0, 0.1) is 0 Å². The number of ether oxygens (including phenoxy) is 1. The normalized spacial score (nSPS) is 29.5. The van der Waals surface area contributed by atoms with Gasteiger partial charge < -0.3 is 9.64 Å². The summed E-state index contributed by atoms with van der Waals surface area (Å²) in [6.07, 6.45) is 2.34. The van der Waals surface area contributed by atoms with Crippen LogP contribution >= 0.6 is 11.8 Å². The molecule has 2 heterocycles. The Kier molecular flexibility index (Phi) is 4.10. The minimum Gasteiger partial charge on any atom is -0.468 e. The summed E-state index contributed by atoms with van der Waals surface area (Å²) in [4.78, 5) is 16.3. The van der Waals surface area contributed by atoms with Crippen LogP contribution in [0.1, 0.15) is 12.8 Å². The Morgan fingerprint density at radius 2 is 2.06 bits per heavy atom. The zero-order valence-corrected chi connectivity index (χ0v) is 10.8. The number of nitrogens with zero attached hydrogens (tertiary/aromatic N) is 2. The summed E-state index contributed by atoms with van der Waals surface area (Å²) < 4.78 is 4.87. The van der Waals surface area contributed by atoms with Crippen molar-refractivity contribution >= 4 is 17.7 Å². The van der Waals surface area contributed by atoms with E-state index in [0.717, 1.165) is 24.7 Å². The highest BCUT2D eigenvalue weighted by Gasteiger charge is 2.37. The van der Waals surface area contributed by atoms with E-state index in [1.54, 1.807) is 0 Å². The molecule has 0 aromatic heterocycles. The van der Waals surface area contributed by atoms with E-state index in [4.69, 9.17) is 4.74 Å². The van der Waals surface area contributed by atoms with E-state index in [-0.39, 0.29) is 12.0 Å². The van der Waals surface area contributed by atoms with Crippen LogP contribution in [0.2, 0.25) is 0 Å². The summed E-state index contributed by atoms with van der Waals surface area (Å²) in [6.45, 7) is 2.28. The molecule has 2 saturated heterocycles. The summed E-state index contributed by atoms with van der Waals surface area (Å²) in [5.74, 6) is 1.80. The standard InChI is InChI=1S/C11H20N2O2S/c1-12-5-3-9(4-6-12)13-8-16-7-10(13)11(14)15-2/h9-10H,3-8H2,1-2H3/t10-/m1/s1. The third-order valence-corrected chi connectivity index (χ3v) is 4.58. The van der Waals surface area contributed by atoms with E-state index >= 15 is 0 Å². The number of piperidine rings is 1. The highest BCUT2D eigenvalue weighted by molar-refractivity contribution is 7.99. The Bertz CT molecular complexity index is 254. The smallest absolute Gasteiger partial charge is 0.323 e. The second kappa shape index (κ2) is 5.38. The fourth-order valence-corrected chi connectivity index (χ4v) is 3.74. The lowest BCUT2D eigenvalue weighted by atomic mass is 10.0. The zero-order chi connectivity index (χ0) is 11.5. The molecule has 0 aliphatic carbocycles. The fraction of sp³-hybridized carbons (Fsp3) is 0.909. The van der Waals surface area contributed by atoms with E-state index < -0.39 is 0 Å². The molecular formula is C11H20N2O2S. The first kappa shape index (κ1) is 12.2. The number of likely N-dealkylation sites (tertiary alicyclic amines) is 1. The van der Waals surface area contributed by atoms with E-state index in [0.29, 0.717) is 6.04 Å². The molecule has 0 N–H and O–H groups in total. The Hall–Kier alpha value is -0.260. The average Bonchev–Trinajstić information content (AvgIpc) is 2.78. The Labute approximate surface area is 101 Å². The van der Waals surface area contributed by atoms with Gasteiger partial charge in [-0.15, -0.1) is 11.8 Å². The number of methoxy groups -OCH3 is 1. The first-order valence-corrected chi connectivity index (χ1v) is 6.97. The molecule has 0 unspecified atom stereocenters. The lowest BCUT2D eigenvalue weighted by molar-refractivity contribution is -0.146. The van der Waals surface area contributed by atoms with Gasteiger partial charge in [0.15, 0.2) is 0 Å². The molecule has 4 nitrogen and oxygen atoms in total. The lowest BCUT2D eigenvalue weighted by Crippen LogP contribution is -2.49. The summed E-state index contributed by atoms with van der Waals surface area (Å²) in [5, 5.41) is 0. The van der Waals surface area contributed by atoms with Crippen LogP contribution in [0.15, 0.2) is 0 Å². The van der Waals surface area contributed by atoms with Gasteiger partial charge in [0.05, 0.1) is 7.11 Å². The molecule has 2 rings (SSSR count). The van der Waals surface area contributed by atoms with Gasteiger partial charge in [-0.3, -0.25) is 9.69 Å². The van der Waals surface area contributed by atoms with E-state index in [1.165, 1.54) is 20.0 Å². The van der Waals surface area contributed by atoms with Crippen molar-refractivity contribution in [1.29, 1.82) is 0 Å². The van der Waals surface area contributed by atoms with Crippen LogP contribution in [0.3, 0.4) is 0 Å². The second-order valence-corrected chi connectivity index (χ2v) is 5.59. The molecular weight excluding hydrogens is 224 g/mol. The largest absolute Gasteiger partial charge is 0.468 e. The third-order valence-electron chi connectivity index (χ3n) is 3.55. The summed E-state index contributed by atoms with van der Waals surface area (Å²) in [7, 11) is 3.64. The first-order valence-electron chi connectivity index (χ1n) is 5.82. The average molecular weight is 244 g/mol. The molecule has 2 fully saturated rings. The number of carbonyl (C=O) groups excluding carboxylic acids is 1. The van der Waals surface area contributed by atoms with Crippen LogP contribution in [0.5, 0.6) is 0 Å². The molecule has 0 saturated carbocycles. The maximum atomic E-state index is 11.6. The van der Waals surface area contributed by atoms with Crippen molar-refractivity contribution in [2.75, 3.05) is 38.9 Å². The number of carbonyl (C=O) groups is 1. The maximum absolute atomic E-state index is 11.6. The van der Waals surface area contributed by atoms with Gasteiger partial charge in [-0.05, 0) is 33.0 Å². The molecule has 0 spiro atoms.